The quantitative estimate of drug-likeness (QED) is 0.784. The zero-order chi connectivity index (χ0) is 14.2. The number of rotatable bonds is 3. The van der Waals surface area contributed by atoms with Gasteiger partial charge in [0.05, 0.1) is 18.7 Å². The number of nitrogens with zero attached hydrogens (tertiary/aromatic N) is 3. The van der Waals surface area contributed by atoms with Crippen molar-refractivity contribution >= 4 is 0 Å². The molecule has 0 spiro atoms. The lowest BCUT2D eigenvalue weighted by Crippen LogP contribution is -2.49. The number of nitriles is 1. The number of hydrogen-bond donors (Lipinski definition) is 0. The molecule has 0 aromatic heterocycles. The van der Waals surface area contributed by atoms with E-state index >= 15 is 0 Å². The Morgan fingerprint density at radius 2 is 1.85 bits per heavy atom. The monoisotopic (exact) mass is 267 g/mol. The van der Waals surface area contributed by atoms with Crippen molar-refractivity contribution in [1.82, 2.24) is 9.80 Å². The van der Waals surface area contributed by atoms with Crippen molar-refractivity contribution in [3.63, 3.8) is 0 Å². The molecule has 2 rings (SSSR count). The van der Waals surface area contributed by atoms with Crippen molar-refractivity contribution < 1.29 is 0 Å². The Balaban J connectivity index is 1.78. The molecule has 3 heteroatoms. The van der Waals surface area contributed by atoms with E-state index in [0.29, 0.717) is 0 Å². The van der Waals surface area contributed by atoms with Gasteiger partial charge in [-0.2, -0.15) is 5.26 Å². The average molecular weight is 267 g/mol. The first-order valence-corrected chi connectivity index (χ1v) is 7.23. The van der Waals surface area contributed by atoms with Crippen LogP contribution in [0.5, 0.6) is 0 Å². The summed E-state index contributed by atoms with van der Waals surface area (Å²) < 4.78 is 0. The molecule has 0 aliphatic carbocycles. The molecule has 1 unspecified atom stereocenters. The van der Waals surface area contributed by atoms with Crippen molar-refractivity contribution in [2.45, 2.75) is 19.4 Å². The highest BCUT2D eigenvalue weighted by molar-refractivity contribution is 5.33. The Morgan fingerprint density at radius 3 is 2.45 bits per heavy atom. The van der Waals surface area contributed by atoms with Gasteiger partial charge in [-0.05, 0) is 18.6 Å². The third-order valence-corrected chi connectivity index (χ3v) is 3.69. The number of hydrogen-bond acceptors (Lipinski definition) is 3. The molecule has 1 fully saturated rings. The fourth-order valence-electron chi connectivity index (χ4n) is 2.44. The van der Waals surface area contributed by atoms with Crippen LogP contribution in [0.25, 0.3) is 0 Å². The van der Waals surface area contributed by atoms with Crippen molar-refractivity contribution in [3.8, 4) is 17.9 Å². The van der Waals surface area contributed by atoms with E-state index in [1.54, 1.807) is 0 Å². The van der Waals surface area contributed by atoms with Crippen molar-refractivity contribution in [1.29, 1.82) is 5.26 Å². The summed E-state index contributed by atoms with van der Waals surface area (Å²) in [6.45, 7) is 6.83. The minimum Gasteiger partial charge on any atom is -0.290 e. The van der Waals surface area contributed by atoms with E-state index in [1.807, 2.05) is 30.3 Å². The van der Waals surface area contributed by atoms with E-state index in [1.165, 1.54) is 0 Å². The normalized spacial score (nSPS) is 17.8. The van der Waals surface area contributed by atoms with Gasteiger partial charge in [0.2, 0.25) is 0 Å². The van der Waals surface area contributed by atoms with Gasteiger partial charge in [-0.25, -0.2) is 0 Å². The molecule has 1 saturated heterocycles. The molecule has 3 nitrogen and oxygen atoms in total. The molecule has 0 N–H and O–H groups in total. The lowest BCUT2D eigenvalue weighted by atomic mass is 10.2. The number of benzene rings is 1. The Kier molecular flexibility index (Phi) is 5.62. The summed E-state index contributed by atoms with van der Waals surface area (Å²) in [7, 11) is 0. The molecule has 1 heterocycles. The maximum atomic E-state index is 9.08. The Morgan fingerprint density at radius 1 is 1.15 bits per heavy atom. The van der Waals surface area contributed by atoms with Crippen molar-refractivity contribution in [2.75, 3.05) is 32.7 Å². The van der Waals surface area contributed by atoms with Gasteiger partial charge in [-0.15, -0.1) is 0 Å². The lowest BCUT2D eigenvalue weighted by Gasteiger charge is -2.35. The van der Waals surface area contributed by atoms with Gasteiger partial charge in [0, 0.05) is 31.7 Å². The highest BCUT2D eigenvalue weighted by atomic mass is 15.3. The van der Waals surface area contributed by atoms with Crippen LogP contribution in [0.2, 0.25) is 0 Å². The van der Waals surface area contributed by atoms with Gasteiger partial charge in [0.15, 0.2) is 0 Å². The summed E-state index contributed by atoms with van der Waals surface area (Å²) in [6.07, 6.45) is 0.907. The van der Waals surface area contributed by atoms with Crippen LogP contribution >= 0.6 is 0 Å². The summed E-state index contributed by atoms with van der Waals surface area (Å²) in [5.74, 6) is 6.43. The largest absolute Gasteiger partial charge is 0.290 e. The van der Waals surface area contributed by atoms with Crippen LogP contribution in [0.3, 0.4) is 0 Å². The maximum Gasteiger partial charge on any atom is 0.0976 e. The van der Waals surface area contributed by atoms with E-state index in [2.05, 4.69) is 34.6 Å². The van der Waals surface area contributed by atoms with Crippen molar-refractivity contribution in [3.05, 3.63) is 35.9 Å². The predicted octanol–water partition coefficient (Wildman–Crippen LogP) is 1.96. The van der Waals surface area contributed by atoms with Gasteiger partial charge in [-0.3, -0.25) is 9.80 Å². The SMILES string of the molecule is CCC(C#N)N1CCN(CC#Cc2ccccc2)CC1. The summed E-state index contributed by atoms with van der Waals surface area (Å²) in [4.78, 5) is 4.64. The zero-order valence-corrected chi connectivity index (χ0v) is 12.0. The topological polar surface area (TPSA) is 30.3 Å². The fraction of sp³-hybridized carbons (Fsp3) is 0.471. The van der Waals surface area contributed by atoms with E-state index in [4.69, 9.17) is 5.26 Å². The van der Waals surface area contributed by atoms with Crippen LogP contribution in [0.4, 0.5) is 0 Å². The average Bonchev–Trinajstić information content (AvgIpc) is 2.51. The van der Waals surface area contributed by atoms with E-state index in [0.717, 1.165) is 44.7 Å². The van der Waals surface area contributed by atoms with Crippen LogP contribution in [-0.2, 0) is 0 Å². The molecule has 1 aliphatic rings. The van der Waals surface area contributed by atoms with E-state index < -0.39 is 0 Å². The molecular formula is C17H21N3. The highest BCUT2D eigenvalue weighted by Gasteiger charge is 2.21. The second-order valence-electron chi connectivity index (χ2n) is 5.03. The lowest BCUT2D eigenvalue weighted by molar-refractivity contribution is 0.122. The second-order valence-corrected chi connectivity index (χ2v) is 5.03. The fourth-order valence-corrected chi connectivity index (χ4v) is 2.44. The Labute approximate surface area is 121 Å². The van der Waals surface area contributed by atoms with Gasteiger partial charge >= 0.3 is 0 Å². The molecular weight excluding hydrogens is 246 g/mol. The van der Waals surface area contributed by atoms with E-state index in [-0.39, 0.29) is 6.04 Å². The molecule has 0 saturated carbocycles. The van der Waals surface area contributed by atoms with Gasteiger partial charge < -0.3 is 0 Å². The third kappa shape index (κ3) is 4.10. The van der Waals surface area contributed by atoms with Crippen LogP contribution in [0, 0.1) is 23.2 Å². The summed E-state index contributed by atoms with van der Waals surface area (Å²) in [5.41, 5.74) is 1.07. The summed E-state index contributed by atoms with van der Waals surface area (Å²) in [5, 5.41) is 9.08. The van der Waals surface area contributed by atoms with Gasteiger partial charge in [0.1, 0.15) is 0 Å². The first-order chi connectivity index (χ1) is 9.83. The molecule has 0 bridgehead atoms. The van der Waals surface area contributed by atoms with Crippen LogP contribution in [0.1, 0.15) is 18.9 Å². The highest BCUT2D eigenvalue weighted by Crippen LogP contribution is 2.08. The van der Waals surface area contributed by atoms with Gasteiger partial charge in [-0.1, -0.05) is 37.0 Å². The molecule has 104 valence electrons. The van der Waals surface area contributed by atoms with Crippen molar-refractivity contribution in [2.24, 2.45) is 0 Å². The first-order valence-electron chi connectivity index (χ1n) is 7.23. The summed E-state index contributed by atoms with van der Waals surface area (Å²) >= 11 is 0. The van der Waals surface area contributed by atoms with Crippen LogP contribution in [0.15, 0.2) is 30.3 Å². The molecule has 20 heavy (non-hydrogen) atoms. The first kappa shape index (κ1) is 14.6. The Hall–Kier alpha value is -1.81. The minimum atomic E-state index is 0.0764. The summed E-state index contributed by atoms with van der Waals surface area (Å²) in [6, 6.07) is 12.5. The maximum absolute atomic E-state index is 9.08. The Bertz CT molecular complexity index is 499. The minimum absolute atomic E-state index is 0.0764. The molecule has 1 aromatic rings. The molecule has 0 radical (unpaired) electrons. The number of piperazine rings is 1. The van der Waals surface area contributed by atoms with Crippen LogP contribution in [-0.4, -0.2) is 48.6 Å². The molecule has 1 atom stereocenters. The predicted molar refractivity (Wildman–Crippen MR) is 81.0 cm³/mol. The van der Waals surface area contributed by atoms with E-state index in [9.17, 15) is 0 Å². The molecule has 0 amide bonds. The van der Waals surface area contributed by atoms with Crippen LogP contribution < -0.4 is 0 Å². The molecule has 1 aliphatic heterocycles. The van der Waals surface area contributed by atoms with Gasteiger partial charge in [0.25, 0.3) is 0 Å². The molecule has 1 aromatic carbocycles. The third-order valence-electron chi connectivity index (χ3n) is 3.69. The standard InChI is InChI=1S/C17H21N3/c1-2-17(15-18)20-13-11-19(12-14-20)10-6-9-16-7-4-3-5-8-16/h3-5,7-8,17H,2,10-14H2,1H3. The second kappa shape index (κ2) is 7.70. The zero-order valence-electron chi connectivity index (χ0n) is 12.0. The smallest absolute Gasteiger partial charge is 0.0976 e.